The number of nitrogens with one attached hydrogen (secondary N) is 1. The highest BCUT2D eigenvalue weighted by molar-refractivity contribution is 5.75. The van der Waals surface area contributed by atoms with E-state index in [0.717, 1.165) is 67.8 Å². The minimum absolute atomic E-state index is 0.109. The molecule has 0 radical (unpaired) electrons. The number of aliphatic carboxylic acids is 1. The highest BCUT2D eigenvalue weighted by Crippen LogP contribution is 2.27. The third-order valence-corrected chi connectivity index (χ3v) is 6.27. The number of likely N-dealkylation sites (tertiary alicyclic amines) is 1. The van der Waals surface area contributed by atoms with Crippen LogP contribution in [0.1, 0.15) is 54.1 Å². The Balaban J connectivity index is 1.20. The van der Waals surface area contributed by atoms with Crippen LogP contribution < -0.4 is 5.32 Å². The maximum absolute atomic E-state index is 11.9. The van der Waals surface area contributed by atoms with Gasteiger partial charge in [-0.25, -0.2) is 4.98 Å². The summed E-state index contributed by atoms with van der Waals surface area (Å²) in [6.07, 6.45) is 6.29. The van der Waals surface area contributed by atoms with Crippen molar-refractivity contribution >= 4 is 11.8 Å². The van der Waals surface area contributed by atoms with E-state index in [1.165, 1.54) is 12.0 Å². The molecule has 1 fully saturated rings. The van der Waals surface area contributed by atoms with E-state index in [0.29, 0.717) is 13.2 Å². The van der Waals surface area contributed by atoms with Gasteiger partial charge in [0.1, 0.15) is 11.9 Å². The van der Waals surface area contributed by atoms with Crippen molar-refractivity contribution < 1.29 is 14.6 Å². The molecule has 0 amide bonds. The predicted octanol–water partition coefficient (Wildman–Crippen LogP) is 3.99. The van der Waals surface area contributed by atoms with Gasteiger partial charge in [-0.3, -0.25) is 9.69 Å². The Labute approximate surface area is 184 Å². The van der Waals surface area contributed by atoms with Gasteiger partial charge in [0.15, 0.2) is 0 Å². The van der Waals surface area contributed by atoms with E-state index in [-0.39, 0.29) is 6.10 Å². The molecule has 3 heterocycles. The zero-order valence-corrected chi connectivity index (χ0v) is 18.3. The van der Waals surface area contributed by atoms with Gasteiger partial charge < -0.3 is 15.2 Å². The zero-order valence-electron chi connectivity index (χ0n) is 18.3. The van der Waals surface area contributed by atoms with E-state index in [1.807, 2.05) is 36.1 Å². The second kappa shape index (κ2) is 10.2. The number of carbonyl (C=O) groups is 1. The molecule has 4 rings (SSSR count). The van der Waals surface area contributed by atoms with Gasteiger partial charge in [-0.15, -0.1) is 0 Å². The number of hydrogen-bond donors (Lipinski definition) is 2. The fourth-order valence-corrected chi connectivity index (χ4v) is 4.64. The van der Waals surface area contributed by atoms with Crippen LogP contribution in [0.25, 0.3) is 0 Å². The van der Waals surface area contributed by atoms with Crippen LogP contribution in [0.15, 0.2) is 36.4 Å². The third kappa shape index (κ3) is 5.63. The smallest absolute Gasteiger partial charge is 0.325 e. The molecule has 0 saturated carbocycles. The second-order valence-corrected chi connectivity index (χ2v) is 8.73. The lowest BCUT2D eigenvalue weighted by atomic mass is 10.0. The fraction of sp³-hybridized carbons (Fsp3) is 0.520. The van der Waals surface area contributed by atoms with Gasteiger partial charge in [0.05, 0.1) is 6.10 Å². The van der Waals surface area contributed by atoms with E-state index in [9.17, 15) is 9.90 Å². The molecule has 2 aliphatic rings. The van der Waals surface area contributed by atoms with Gasteiger partial charge >= 0.3 is 5.97 Å². The Morgan fingerprint density at radius 2 is 2.23 bits per heavy atom. The first kappa shape index (κ1) is 21.8. The quantitative estimate of drug-likeness (QED) is 0.594. The molecule has 1 saturated heterocycles. The molecule has 31 heavy (non-hydrogen) atoms. The Bertz CT molecular complexity index is 901. The lowest BCUT2D eigenvalue weighted by molar-refractivity contribution is -0.143. The molecule has 2 atom stereocenters. The van der Waals surface area contributed by atoms with E-state index in [4.69, 9.17) is 9.72 Å². The normalized spacial score (nSPS) is 19.6. The van der Waals surface area contributed by atoms with Gasteiger partial charge in [0.25, 0.3) is 0 Å². The first-order chi connectivity index (χ1) is 15.1. The molecule has 6 nitrogen and oxygen atoms in total. The number of pyridine rings is 1. The first-order valence-electron chi connectivity index (χ1n) is 11.5. The number of rotatable bonds is 9. The number of anilines is 1. The van der Waals surface area contributed by atoms with Crippen LogP contribution in [-0.2, 0) is 22.4 Å². The summed E-state index contributed by atoms with van der Waals surface area (Å²) >= 11 is 0. The highest BCUT2D eigenvalue weighted by Gasteiger charge is 2.33. The number of aromatic nitrogens is 1. The number of ether oxygens (including phenoxy) is 1. The van der Waals surface area contributed by atoms with Gasteiger partial charge in [0, 0.05) is 31.9 Å². The zero-order chi connectivity index (χ0) is 21.6. The second-order valence-electron chi connectivity index (χ2n) is 8.73. The summed E-state index contributed by atoms with van der Waals surface area (Å²) in [5, 5.41) is 13.2. The summed E-state index contributed by atoms with van der Waals surface area (Å²) in [5.41, 5.74) is 4.40. The Morgan fingerprint density at radius 3 is 3.06 bits per heavy atom. The molecule has 2 unspecified atom stereocenters. The number of aryl methyl sites for hydroxylation is 3. The van der Waals surface area contributed by atoms with Gasteiger partial charge in [-0.05, 0) is 62.6 Å². The minimum Gasteiger partial charge on any atom is -0.480 e. The summed E-state index contributed by atoms with van der Waals surface area (Å²) < 4.78 is 6.08. The molecule has 166 valence electrons. The fourth-order valence-electron chi connectivity index (χ4n) is 4.64. The number of nitrogens with zero attached hydrogens (tertiary/aromatic N) is 2. The number of benzene rings is 1. The first-order valence-corrected chi connectivity index (χ1v) is 11.5. The third-order valence-electron chi connectivity index (χ3n) is 6.27. The summed E-state index contributed by atoms with van der Waals surface area (Å²) in [6.45, 7) is 5.14. The Morgan fingerprint density at radius 1 is 1.32 bits per heavy atom. The lowest BCUT2D eigenvalue weighted by Gasteiger charge is -2.25. The number of fused-ring (bicyclic) bond motifs is 1. The molecule has 2 N–H and O–H groups in total. The van der Waals surface area contributed by atoms with Crippen molar-refractivity contribution in [2.24, 2.45) is 0 Å². The summed E-state index contributed by atoms with van der Waals surface area (Å²) in [4.78, 5) is 18.7. The van der Waals surface area contributed by atoms with E-state index >= 15 is 0 Å². The molecule has 6 heteroatoms. The molecule has 0 spiro atoms. The van der Waals surface area contributed by atoms with Gasteiger partial charge in [-0.1, -0.05) is 35.9 Å². The van der Waals surface area contributed by atoms with Crippen LogP contribution in [0, 0.1) is 6.92 Å². The number of carboxylic acid groups (broad SMARTS) is 1. The minimum atomic E-state index is -0.793. The maximum atomic E-state index is 11.9. The van der Waals surface area contributed by atoms with Gasteiger partial charge in [-0.2, -0.15) is 0 Å². The van der Waals surface area contributed by atoms with Crippen molar-refractivity contribution in [3.05, 3.63) is 58.8 Å². The van der Waals surface area contributed by atoms with Crippen LogP contribution in [-0.4, -0.2) is 53.3 Å². The molecule has 0 aliphatic carbocycles. The van der Waals surface area contributed by atoms with Crippen molar-refractivity contribution in [1.29, 1.82) is 0 Å². The molecule has 1 aromatic carbocycles. The molecular weight excluding hydrogens is 390 g/mol. The monoisotopic (exact) mass is 423 g/mol. The highest BCUT2D eigenvalue weighted by atomic mass is 16.5. The van der Waals surface area contributed by atoms with Crippen LogP contribution in [0.3, 0.4) is 0 Å². The number of hydrogen-bond acceptors (Lipinski definition) is 5. The van der Waals surface area contributed by atoms with E-state index < -0.39 is 12.0 Å². The van der Waals surface area contributed by atoms with Crippen LogP contribution >= 0.6 is 0 Å². The number of carboxylic acids is 1. The summed E-state index contributed by atoms with van der Waals surface area (Å²) in [6, 6.07) is 11.6. The predicted molar refractivity (Wildman–Crippen MR) is 121 cm³/mol. The van der Waals surface area contributed by atoms with Crippen LogP contribution in [0.4, 0.5) is 5.82 Å². The van der Waals surface area contributed by atoms with Crippen molar-refractivity contribution in [1.82, 2.24) is 9.88 Å². The topological polar surface area (TPSA) is 74.7 Å². The molecule has 2 aromatic rings. The SMILES string of the molecule is Cc1cccc(C(C(=O)O)N2CCC(OCCCCc3ccc4c(n3)NCCC4)C2)c1. The Hall–Kier alpha value is -2.44. The van der Waals surface area contributed by atoms with Crippen molar-refractivity contribution in [2.75, 3.05) is 31.6 Å². The average molecular weight is 424 g/mol. The van der Waals surface area contributed by atoms with Crippen molar-refractivity contribution in [3.63, 3.8) is 0 Å². The molecular formula is C25H33N3O3. The summed E-state index contributed by atoms with van der Waals surface area (Å²) in [5.74, 6) is 0.269. The summed E-state index contributed by atoms with van der Waals surface area (Å²) in [7, 11) is 0. The average Bonchev–Trinajstić information content (AvgIpc) is 3.21. The van der Waals surface area contributed by atoms with Gasteiger partial charge in [0.2, 0.25) is 0 Å². The van der Waals surface area contributed by atoms with Crippen molar-refractivity contribution in [2.45, 2.75) is 57.6 Å². The lowest BCUT2D eigenvalue weighted by Crippen LogP contribution is -2.33. The molecule has 2 aliphatic heterocycles. The number of unbranched alkanes of at least 4 members (excludes halogenated alkanes) is 1. The standard InChI is InChI=1S/C25H33N3O3/c1-18-6-4-7-20(16-18)23(25(29)30)28-14-12-22(17-28)31-15-3-2-9-21-11-10-19-8-5-13-26-24(19)27-21/h4,6-7,10-11,16,22-23H,2-3,5,8-9,12-15,17H2,1H3,(H,26,27)(H,29,30). The molecule has 0 bridgehead atoms. The van der Waals surface area contributed by atoms with Crippen LogP contribution in [0.2, 0.25) is 0 Å². The maximum Gasteiger partial charge on any atom is 0.325 e. The van der Waals surface area contributed by atoms with E-state index in [2.05, 4.69) is 17.4 Å². The largest absolute Gasteiger partial charge is 0.480 e. The van der Waals surface area contributed by atoms with Crippen molar-refractivity contribution in [3.8, 4) is 0 Å². The van der Waals surface area contributed by atoms with E-state index in [1.54, 1.807) is 0 Å². The molecule has 1 aromatic heterocycles. The Kier molecular flexibility index (Phi) is 7.20. The van der Waals surface area contributed by atoms with Crippen LogP contribution in [0.5, 0.6) is 0 Å².